The summed E-state index contributed by atoms with van der Waals surface area (Å²) in [5.74, 6) is -1.31. The topological polar surface area (TPSA) is 77.7 Å². The first kappa shape index (κ1) is 19.3. The Morgan fingerprint density at radius 3 is 1.97 bits per heavy atom. The average Bonchev–Trinajstić information content (AvgIpc) is 3.69. The molecule has 2 aromatic rings. The van der Waals surface area contributed by atoms with Gasteiger partial charge in [-0.25, -0.2) is 0 Å². The molecule has 6 heteroatoms. The van der Waals surface area contributed by atoms with Gasteiger partial charge in [-0.05, 0) is 28.7 Å². The summed E-state index contributed by atoms with van der Waals surface area (Å²) in [5, 5.41) is 0. The second-order valence-electron chi connectivity index (χ2n) is 8.09. The van der Waals surface area contributed by atoms with E-state index < -0.39 is 11.9 Å². The van der Waals surface area contributed by atoms with Crippen molar-refractivity contribution in [3.05, 3.63) is 59.7 Å². The van der Waals surface area contributed by atoms with Crippen LogP contribution in [0.2, 0.25) is 0 Å². The van der Waals surface area contributed by atoms with Gasteiger partial charge in [0.1, 0.15) is 25.4 Å². The molecular weight excluding hydrogens is 384 g/mol. The first-order valence-corrected chi connectivity index (χ1v) is 10.4. The molecule has 0 amide bonds. The number of benzene rings is 2. The third-order valence-electron chi connectivity index (χ3n) is 5.88. The fourth-order valence-electron chi connectivity index (χ4n) is 4.13. The summed E-state index contributed by atoms with van der Waals surface area (Å²) in [6, 6.07) is 16.5. The van der Waals surface area contributed by atoms with E-state index in [1.165, 1.54) is 22.3 Å². The van der Waals surface area contributed by atoms with E-state index in [0.717, 1.165) is 0 Å². The van der Waals surface area contributed by atoms with Crippen molar-refractivity contribution in [2.45, 2.75) is 31.0 Å². The summed E-state index contributed by atoms with van der Waals surface area (Å²) in [6.45, 7) is 1.71. The number of carbonyl (C=O) groups is 2. The van der Waals surface area contributed by atoms with E-state index in [2.05, 4.69) is 24.3 Å². The molecule has 6 nitrogen and oxygen atoms in total. The predicted octanol–water partition coefficient (Wildman–Crippen LogP) is 3.08. The first-order valence-electron chi connectivity index (χ1n) is 10.4. The largest absolute Gasteiger partial charge is 0.463 e. The van der Waals surface area contributed by atoms with Gasteiger partial charge < -0.3 is 18.9 Å². The van der Waals surface area contributed by atoms with Crippen LogP contribution in [0.5, 0.6) is 0 Å². The summed E-state index contributed by atoms with van der Waals surface area (Å²) < 4.78 is 21.0. The Morgan fingerprint density at radius 1 is 0.867 bits per heavy atom. The van der Waals surface area contributed by atoms with Gasteiger partial charge in [0.25, 0.3) is 0 Å². The van der Waals surface area contributed by atoms with Gasteiger partial charge in [-0.3, -0.25) is 9.59 Å². The Morgan fingerprint density at radius 2 is 1.40 bits per heavy atom. The van der Waals surface area contributed by atoms with Gasteiger partial charge in [0, 0.05) is 5.92 Å². The first-order chi connectivity index (χ1) is 14.7. The van der Waals surface area contributed by atoms with Crippen LogP contribution in [-0.4, -0.2) is 50.6 Å². The van der Waals surface area contributed by atoms with E-state index in [4.69, 9.17) is 18.9 Å². The van der Waals surface area contributed by atoms with E-state index in [1.807, 2.05) is 24.3 Å². The van der Waals surface area contributed by atoms with Crippen molar-refractivity contribution in [1.29, 1.82) is 0 Å². The van der Waals surface area contributed by atoms with Crippen LogP contribution >= 0.6 is 0 Å². The number of rotatable bonds is 9. The number of ether oxygens (including phenoxy) is 4. The van der Waals surface area contributed by atoms with Gasteiger partial charge in [-0.2, -0.15) is 0 Å². The molecule has 0 radical (unpaired) electrons. The molecule has 2 aliphatic heterocycles. The molecule has 0 saturated carbocycles. The van der Waals surface area contributed by atoms with Gasteiger partial charge in [0.05, 0.1) is 25.6 Å². The lowest BCUT2D eigenvalue weighted by Crippen LogP contribution is -2.26. The third kappa shape index (κ3) is 4.25. The number of esters is 2. The summed E-state index contributed by atoms with van der Waals surface area (Å²) in [7, 11) is 0. The number of fused-ring (bicyclic) bond motifs is 3. The molecule has 3 atom stereocenters. The van der Waals surface area contributed by atoms with E-state index >= 15 is 0 Å². The molecule has 2 fully saturated rings. The lowest BCUT2D eigenvalue weighted by atomic mass is 9.85. The average molecular weight is 408 g/mol. The molecule has 0 N–H and O–H groups in total. The Hall–Kier alpha value is -2.70. The molecule has 5 rings (SSSR count). The van der Waals surface area contributed by atoms with Crippen LogP contribution in [0, 0.1) is 5.92 Å². The van der Waals surface area contributed by atoms with Gasteiger partial charge in [-0.1, -0.05) is 48.5 Å². The van der Waals surface area contributed by atoms with Crippen LogP contribution in [0.3, 0.4) is 0 Å². The quantitative estimate of drug-likeness (QED) is 0.469. The number of carbonyl (C=O) groups excluding carboxylic acids is 2. The highest BCUT2D eigenvalue weighted by Gasteiger charge is 2.35. The minimum absolute atomic E-state index is 0.0000436. The van der Waals surface area contributed by atoms with E-state index in [9.17, 15) is 9.59 Å². The Balaban J connectivity index is 1.35. The van der Waals surface area contributed by atoms with Crippen molar-refractivity contribution in [3.63, 3.8) is 0 Å². The highest BCUT2D eigenvalue weighted by Crippen LogP contribution is 2.47. The van der Waals surface area contributed by atoms with Crippen molar-refractivity contribution in [2.75, 3.05) is 26.4 Å². The number of hydrogen-bond donors (Lipinski definition) is 0. The minimum atomic E-state index is -0.583. The van der Waals surface area contributed by atoms with Crippen LogP contribution in [-0.2, 0) is 28.5 Å². The van der Waals surface area contributed by atoms with Crippen molar-refractivity contribution >= 4 is 11.9 Å². The third-order valence-corrected chi connectivity index (χ3v) is 5.88. The second kappa shape index (κ2) is 8.20. The van der Waals surface area contributed by atoms with E-state index in [-0.39, 0.29) is 43.7 Å². The Bertz CT molecular complexity index is 901. The molecule has 0 aromatic heterocycles. The van der Waals surface area contributed by atoms with Gasteiger partial charge in [-0.15, -0.1) is 0 Å². The normalized spacial score (nSPS) is 22.0. The SMILES string of the molecule is O=C(CC(CC1c2ccccc2-c2ccccc21)C(=O)OCC1CO1)OCC1CO1. The highest BCUT2D eigenvalue weighted by molar-refractivity contribution is 5.82. The van der Waals surface area contributed by atoms with Gasteiger partial charge in [0.15, 0.2) is 0 Å². The molecule has 2 saturated heterocycles. The van der Waals surface area contributed by atoms with Crippen molar-refractivity contribution in [2.24, 2.45) is 5.92 Å². The standard InChI is InChI=1S/C24H24O6/c25-23(29-13-16-11-27-16)10-15(24(26)30-14-17-12-28-17)9-22-20-7-3-1-5-18(20)19-6-2-4-8-21(19)22/h1-8,15-17,22H,9-14H2. The maximum atomic E-state index is 12.9. The van der Waals surface area contributed by atoms with Crippen LogP contribution in [0.4, 0.5) is 0 Å². The zero-order valence-corrected chi connectivity index (χ0v) is 16.6. The highest BCUT2D eigenvalue weighted by atomic mass is 16.6. The van der Waals surface area contributed by atoms with Gasteiger partial charge >= 0.3 is 11.9 Å². The van der Waals surface area contributed by atoms with Crippen LogP contribution in [0.1, 0.15) is 29.9 Å². The molecule has 1 aliphatic carbocycles. The molecule has 2 heterocycles. The Kier molecular flexibility index (Phi) is 5.27. The summed E-state index contributed by atoms with van der Waals surface area (Å²) >= 11 is 0. The molecule has 3 aliphatic rings. The fourth-order valence-corrected chi connectivity index (χ4v) is 4.13. The number of epoxide rings is 2. The van der Waals surface area contributed by atoms with Crippen LogP contribution in [0.25, 0.3) is 11.1 Å². The maximum absolute atomic E-state index is 12.9. The molecule has 3 unspecified atom stereocenters. The Labute approximate surface area is 175 Å². The molecular formula is C24H24O6. The summed E-state index contributed by atoms with van der Waals surface area (Å²) in [5.41, 5.74) is 4.73. The minimum Gasteiger partial charge on any atom is -0.463 e. The second-order valence-corrected chi connectivity index (χ2v) is 8.09. The van der Waals surface area contributed by atoms with Crippen molar-refractivity contribution < 1.29 is 28.5 Å². The molecule has 30 heavy (non-hydrogen) atoms. The summed E-state index contributed by atoms with van der Waals surface area (Å²) in [6.07, 6.45) is 0.479. The van der Waals surface area contributed by atoms with Crippen molar-refractivity contribution in [1.82, 2.24) is 0 Å². The molecule has 0 bridgehead atoms. The monoisotopic (exact) mass is 408 g/mol. The van der Waals surface area contributed by atoms with Crippen molar-refractivity contribution in [3.8, 4) is 11.1 Å². The van der Waals surface area contributed by atoms with Crippen LogP contribution in [0.15, 0.2) is 48.5 Å². The fraction of sp³-hybridized carbons (Fsp3) is 0.417. The smallest absolute Gasteiger partial charge is 0.309 e. The lowest BCUT2D eigenvalue weighted by molar-refractivity contribution is -0.156. The van der Waals surface area contributed by atoms with Gasteiger partial charge in [0.2, 0.25) is 0 Å². The summed E-state index contributed by atoms with van der Waals surface area (Å²) in [4.78, 5) is 25.3. The zero-order chi connectivity index (χ0) is 20.5. The maximum Gasteiger partial charge on any atom is 0.309 e. The zero-order valence-electron chi connectivity index (χ0n) is 16.6. The molecule has 0 spiro atoms. The lowest BCUT2D eigenvalue weighted by Gasteiger charge is -2.20. The number of hydrogen-bond acceptors (Lipinski definition) is 6. The predicted molar refractivity (Wildman–Crippen MR) is 108 cm³/mol. The molecule has 2 aromatic carbocycles. The van der Waals surface area contributed by atoms with E-state index in [0.29, 0.717) is 19.6 Å². The van der Waals surface area contributed by atoms with E-state index in [1.54, 1.807) is 0 Å². The molecule has 156 valence electrons. The van der Waals surface area contributed by atoms with Crippen LogP contribution < -0.4 is 0 Å².